The molecule has 9 heteroatoms. The van der Waals surface area contributed by atoms with Crippen LogP contribution in [0, 0.1) is 5.82 Å². The van der Waals surface area contributed by atoms with Crippen molar-refractivity contribution in [3.05, 3.63) is 84.1 Å². The first kappa shape index (κ1) is 25.0. The summed E-state index contributed by atoms with van der Waals surface area (Å²) in [4.78, 5) is 40.9. The van der Waals surface area contributed by atoms with Crippen LogP contribution in [0.1, 0.15) is 47.8 Å². The van der Waals surface area contributed by atoms with Crippen molar-refractivity contribution < 1.29 is 27.9 Å². The van der Waals surface area contributed by atoms with E-state index >= 15 is 0 Å². The molecule has 0 saturated heterocycles. The Morgan fingerprint density at radius 3 is 2.36 bits per heavy atom. The molecule has 0 spiro atoms. The second-order valence-electron chi connectivity index (χ2n) is 8.57. The van der Waals surface area contributed by atoms with Gasteiger partial charge in [0.25, 0.3) is 5.91 Å². The number of anilines is 1. The van der Waals surface area contributed by atoms with Crippen LogP contribution in [0.15, 0.2) is 71.3 Å². The summed E-state index contributed by atoms with van der Waals surface area (Å²) in [5, 5.41) is 5.60. The largest absolute Gasteiger partial charge is 0.497 e. The summed E-state index contributed by atoms with van der Waals surface area (Å²) >= 11 is 0. The Labute approximate surface area is 208 Å². The van der Waals surface area contributed by atoms with E-state index in [-0.39, 0.29) is 17.7 Å². The van der Waals surface area contributed by atoms with E-state index in [9.17, 15) is 18.8 Å². The number of benzene rings is 2. The minimum Gasteiger partial charge on any atom is -0.497 e. The number of nitrogens with one attached hydrogen (secondary N) is 2. The zero-order valence-electron chi connectivity index (χ0n) is 19.9. The second-order valence-corrected chi connectivity index (χ2v) is 8.57. The van der Waals surface area contributed by atoms with Gasteiger partial charge in [0.1, 0.15) is 17.6 Å². The monoisotopic (exact) mass is 493 g/mol. The Bertz CT molecular complexity index is 1170. The fraction of sp³-hybridized carbons (Fsp3) is 0.296. The third-order valence-electron chi connectivity index (χ3n) is 6.16. The summed E-state index contributed by atoms with van der Waals surface area (Å²) in [6.07, 6.45) is 5.14. The molecular weight excluding hydrogens is 465 g/mol. The van der Waals surface area contributed by atoms with Crippen LogP contribution in [-0.4, -0.2) is 37.4 Å². The maximum absolute atomic E-state index is 13.7. The molecule has 2 aromatic carbocycles. The van der Waals surface area contributed by atoms with Gasteiger partial charge in [0, 0.05) is 11.7 Å². The van der Waals surface area contributed by atoms with E-state index in [1.807, 2.05) is 0 Å². The van der Waals surface area contributed by atoms with Crippen LogP contribution in [0.5, 0.6) is 5.75 Å². The first-order valence-corrected chi connectivity index (χ1v) is 11.8. The molecule has 0 radical (unpaired) electrons. The van der Waals surface area contributed by atoms with Crippen LogP contribution >= 0.6 is 0 Å². The number of nitrogens with zero attached hydrogens (tertiary/aromatic N) is 1. The first-order valence-electron chi connectivity index (χ1n) is 11.8. The molecule has 3 amide bonds. The van der Waals surface area contributed by atoms with Gasteiger partial charge in [-0.3, -0.25) is 19.3 Å². The van der Waals surface area contributed by atoms with Crippen LogP contribution < -0.4 is 20.3 Å². The maximum atomic E-state index is 13.7. The van der Waals surface area contributed by atoms with Gasteiger partial charge >= 0.3 is 0 Å². The van der Waals surface area contributed by atoms with E-state index in [0.29, 0.717) is 17.0 Å². The molecule has 1 aliphatic carbocycles. The van der Waals surface area contributed by atoms with Crippen LogP contribution in [0.25, 0.3) is 0 Å². The number of rotatable bonds is 9. The van der Waals surface area contributed by atoms with Crippen molar-refractivity contribution in [3.8, 4) is 5.75 Å². The van der Waals surface area contributed by atoms with Gasteiger partial charge in [0.05, 0.1) is 19.9 Å². The number of carbonyl (C=O) groups is 3. The van der Waals surface area contributed by atoms with Crippen molar-refractivity contribution in [2.75, 3.05) is 18.6 Å². The molecule has 0 bridgehead atoms. The van der Waals surface area contributed by atoms with Gasteiger partial charge in [-0.15, -0.1) is 0 Å². The lowest BCUT2D eigenvalue weighted by Gasteiger charge is -2.32. The first-order chi connectivity index (χ1) is 17.5. The number of ether oxygens (including phenoxy) is 1. The van der Waals surface area contributed by atoms with Gasteiger partial charge in [0.15, 0.2) is 5.76 Å². The van der Waals surface area contributed by atoms with Crippen molar-refractivity contribution >= 4 is 23.4 Å². The molecule has 3 aromatic rings. The lowest BCUT2D eigenvalue weighted by atomic mass is 10.0. The van der Waals surface area contributed by atoms with E-state index in [4.69, 9.17) is 9.15 Å². The summed E-state index contributed by atoms with van der Waals surface area (Å²) in [6.45, 7) is -0.403. The summed E-state index contributed by atoms with van der Waals surface area (Å²) in [5.41, 5.74) is 0.859. The molecule has 0 aliphatic heterocycles. The van der Waals surface area contributed by atoms with E-state index in [2.05, 4.69) is 10.6 Å². The van der Waals surface area contributed by atoms with Crippen LogP contribution in [0.3, 0.4) is 0 Å². The molecule has 1 aliphatic rings. The second kappa shape index (κ2) is 11.5. The van der Waals surface area contributed by atoms with Gasteiger partial charge in [-0.1, -0.05) is 25.0 Å². The van der Waals surface area contributed by atoms with Gasteiger partial charge in [-0.2, -0.15) is 0 Å². The smallest absolute Gasteiger partial charge is 0.287 e. The quantitative estimate of drug-likeness (QED) is 0.470. The highest BCUT2D eigenvalue weighted by molar-refractivity contribution is 6.04. The molecule has 2 N–H and O–H groups in total. The average Bonchev–Trinajstić information content (AvgIpc) is 3.61. The molecule has 1 aromatic heterocycles. The Balaban J connectivity index is 1.68. The van der Waals surface area contributed by atoms with Crippen molar-refractivity contribution in [2.45, 2.75) is 37.8 Å². The average molecular weight is 494 g/mol. The number of halogens is 1. The van der Waals surface area contributed by atoms with Crippen LogP contribution in [-0.2, 0) is 9.59 Å². The number of carbonyl (C=O) groups excluding carboxylic acids is 3. The lowest BCUT2D eigenvalue weighted by molar-refractivity contribution is -0.126. The number of furan rings is 1. The van der Waals surface area contributed by atoms with Crippen molar-refractivity contribution in [1.82, 2.24) is 10.6 Å². The molecule has 1 unspecified atom stereocenters. The molecule has 8 nitrogen and oxygen atoms in total. The highest BCUT2D eigenvalue weighted by Gasteiger charge is 2.34. The molecule has 1 heterocycles. The SMILES string of the molecule is COc1ccc(C(C(=O)NC2CCCC2)N(C(=O)CNC(=O)c2ccco2)c2ccc(F)cc2)cc1. The highest BCUT2D eigenvalue weighted by Crippen LogP contribution is 2.30. The van der Waals surface area contributed by atoms with E-state index in [0.717, 1.165) is 25.7 Å². The third kappa shape index (κ3) is 5.91. The Morgan fingerprint density at radius 1 is 1.06 bits per heavy atom. The summed E-state index contributed by atoms with van der Waals surface area (Å²) in [5.74, 6) is -1.30. The number of amides is 3. The van der Waals surface area contributed by atoms with Crippen molar-refractivity contribution in [1.29, 1.82) is 0 Å². The highest BCUT2D eigenvalue weighted by atomic mass is 19.1. The minimum absolute atomic E-state index is 0.0158. The predicted molar refractivity (Wildman–Crippen MR) is 131 cm³/mol. The fourth-order valence-corrected chi connectivity index (χ4v) is 4.33. The minimum atomic E-state index is -1.06. The summed E-state index contributed by atoms with van der Waals surface area (Å²) in [7, 11) is 1.54. The Morgan fingerprint density at radius 2 is 1.75 bits per heavy atom. The molecule has 36 heavy (non-hydrogen) atoms. The van der Waals surface area contributed by atoms with E-state index in [1.165, 1.54) is 48.6 Å². The molecule has 188 valence electrons. The zero-order chi connectivity index (χ0) is 25.5. The molecule has 1 atom stereocenters. The topological polar surface area (TPSA) is 101 Å². The lowest BCUT2D eigenvalue weighted by Crippen LogP contribution is -2.49. The van der Waals surface area contributed by atoms with Crippen molar-refractivity contribution in [3.63, 3.8) is 0 Å². The van der Waals surface area contributed by atoms with Crippen LogP contribution in [0.2, 0.25) is 0 Å². The Kier molecular flexibility index (Phi) is 7.99. The summed E-state index contributed by atoms with van der Waals surface area (Å²) < 4.78 is 24.1. The van der Waals surface area contributed by atoms with Crippen LogP contribution in [0.4, 0.5) is 10.1 Å². The van der Waals surface area contributed by atoms with Crippen molar-refractivity contribution in [2.24, 2.45) is 0 Å². The number of methoxy groups -OCH3 is 1. The molecule has 1 saturated carbocycles. The van der Waals surface area contributed by atoms with Gasteiger partial charge in [0.2, 0.25) is 11.8 Å². The fourth-order valence-electron chi connectivity index (χ4n) is 4.33. The zero-order valence-corrected chi connectivity index (χ0v) is 19.9. The Hall–Kier alpha value is -4.14. The normalized spacial score (nSPS) is 14.2. The number of hydrogen-bond donors (Lipinski definition) is 2. The van der Waals surface area contributed by atoms with Gasteiger partial charge in [-0.05, 0) is 66.9 Å². The predicted octanol–water partition coefficient (Wildman–Crippen LogP) is 3.99. The molecule has 4 rings (SSSR count). The van der Waals surface area contributed by atoms with Gasteiger partial charge in [-0.25, -0.2) is 4.39 Å². The summed E-state index contributed by atoms with van der Waals surface area (Å²) in [6, 6.07) is 14.1. The van der Waals surface area contributed by atoms with E-state index < -0.39 is 30.2 Å². The third-order valence-corrected chi connectivity index (χ3v) is 6.16. The molecule has 1 fully saturated rings. The maximum Gasteiger partial charge on any atom is 0.287 e. The van der Waals surface area contributed by atoms with E-state index in [1.54, 1.807) is 30.3 Å². The molecular formula is C27H28FN3O5. The standard InChI is InChI=1S/C27H28FN3O5/c1-35-22-14-8-18(9-15-22)25(27(34)30-20-5-2-3-6-20)31(21-12-10-19(28)11-13-21)24(32)17-29-26(33)23-7-4-16-36-23/h4,7-16,20,25H,2-3,5-6,17H2,1H3,(H,29,33)(H,30,34). The van der Waals surface area contributed by atoms with Gasteiger partial charge < -0.3 is 19.8 Å². The number of hydrogen-bond acceptors (Lipinski definition) is 5.